The Labute approximate surface area is 174 Å². The number of H-pyrrole nitrogens is 1. The lowest BCUT2D eigenvalue weighted by Gasteiger charge is -2.16. The van der Waals surface area contributed by atoms with Gasteiger partial charge in [0.25, 0.3) is 0 Å². The zero-order valence-electron chi connectivity index (χ0n) is 16.4. The van der Waals surface area contributed by atoms with E-state index < -0.39 is 0 Å². The average Bonchev–Trinajstić information content (AvgIpc) is 3.50. The van der Waals surface area contributed by atoms with Crippen molar-refractivity contribution in [2.45, 2.75) is 42.8 Å². The summed E-state index contributed by atoms with van der Waals surface area (Å²) in [6, 6.07) is 18.9. The molecule has 1 saturated heterocycles. The van der Waals surface area contributed by atoms with Crippen LogP contribution in [-0.2, 0) is 11.3 Å². The summed E-state index contributed by atoms with van der Waals surface area (Å²) in [7, 11) is 0. The van der Waals surface area contributed by atoms with E-state index in [2.05, 4.69) is 75.2 Å². The number of benzene rings is 2. The van der Waals surface area contributed by atoms with Gasteiger partial charge in [0.1, 0.15) is 0 Å². The number of nitrogens with zero attached hydrogens (tertiary/aromatic N) is 3. The zero-order valence-corrected chi connectivity index (χ0v) is 17.2. The number of aromatic amines is 1. The van der Waals surface area contributed by atoms with Gasteiger partial charge in [-0.25, -0.2) is 0 Å². The van der Waals surface area contributed by atoms with E-state index in [1.54, 1.807) is 11.8 Å². The Balaban J connectivity index is 1.53. The number of fused-ring (bicyclic) bond motifs is 1. The number of rotatable bonds is 6. The van der Waals surface area contributed by atoms with Crippen LogP contribution in [0.3, 0.4) is 0 Å². The summed E-state index contributed by atoms with van der Waals surface area (Å²) in [6.45, 7) is 3.85. The lowest BCUT2D eigenvalue weighted by molar-refractivity contribution is 0.0953. The molecule has 2 aromatic carbocycles. The molecule has 148 valence electrons. The molecule has 3 heterocycles. The topological polar surface area (TPSA) is 55.7 Å². The number of thioether (sulfide) groups is 1. The minimum Gasteiger partial charge on any atom is -0.376 e. The molecule has 1 aliphatic rings. The van der Waals surface area contributed by atoms with Crippen LogP contribution in [0.25, 0.3) is 22.3 Å². The minimum atomic E-state index is 0.223. The fourth-order valence-corrected chi connectivity index (χ4v) is 4.92. The third-order valence-electron chi connectivity index (χ3n) is 5.51. The Bertz CT molecular complexity index is 1100. The van der Waals surface area contributed by atoms with Crippen molar-refractivity contribution in [3.8, 4) is 11.4 Å². The van der Waals surface area contributed by atoms with Crippen LogP contribution in [0.15, 0.2) is 66.0 Å². The fraction of sp³-hybridized carbons (Fsp3) is 0.304. The smallest absolute Gasteiger partial charge is 0.192 e. The van der Waals surface area contributed by atoms with Gasteiger partial charge in [-0.3, -0.25) is 4.57 Å². The maximum absolute atomic E-state index is 5.94. The quantitative estimate of drug-likeness (QED) is 0.434. The van der Waals surface area contributed by atoms with Crippen LogP contribution in [-0.4, -0.2) is 32.5 Å². The molecule has 5 rings (SSSR count). The van der Waals surface area contributed by atoms with Gasteiger partial charge in [0.15, 0.2) is 11.0 Å². The first-order chi connectivity index (χ1) is 14.3. The second kappa shape index (κ2) is 8.05. The monoisotopic (exact) mass is 404 g/mol. The van der Waals surface area contributed by atoms with E-state index in [1.165, 1.54) is 10.9 Å². The predicted molar refractivity (Wildman–Crippen MR) is 117 cm³/mol. The van der Waals surface area contributed by atoms with Crippen LogP contribution in [0.2, 0.25) is 0 Å². The Hall–Kier alpha value is -2.57. The molecular formula is C23H24N4OS. The number of nitrogens with one attached hydrogen (secondary N) is 1. The number of ether oxygens (including phenoxy) is 1. The molecule has 1 fully saturated rings. The van der Waals surface area contributed by atoms with Crippen LogP contribution in [0, 0.1) is 0 Å². The van der Waals surface area contributed by atoms with E-state index in [4.69, 9.17) is 4.74 Å². The van der Waals surface area contributed by atoms with Crippen molar-refractivity contribution in [1.82, 2.24) is 19.7 Å². The Morgan fingerprint density at radius 1 is 1.14 bits per heavy atom. The summed E-state index contributed by atoms with van der Waals surface area (Å²) in [5.41, 5.74) is 3.49. The van der Waals surface area contributed by atoms with Crippen LogP contribution >= 0.6 is 11.8 Å². The van der Waals surface area contributed by atoms with Crippen LogP contribution in [0.4, 0.5) is 0 Å². The highest BCUT2D eigenvalue weighted by Crippen LogP contribution is 2.37. The molecule has 6 heteroatoms. The highest BCUT2D eigenvalue weighted by Gasteiger charge is 2.24. The van der Waals surface area contributed by atoms with Crippen LogP contribution in [0.1, 0.15) is 30.6 Å². The zero-order chi connectivity index (χ0) is 19.6. The number of hydrogen-bond donors (Lipinski definition) is 1. The van der Waals surface area contributed by atoms with E-state index in [0.29, 0.717) is 5.25 Å². The molecule has 2 atom stereocenters. The van der Waals surface area contributed by atoms with Crippen molar-refractivity contribution >= 4 is 22.7 Å². The van der Waals surface area contributed by atoms with Crippen molar-refractivity contribution in [1.29, 1.82) is 0 Å². The molecule has 0 amide bonds. The highest BCUT2D eigenvalue weighted by molar-refractivity contribution is 7.99. The Morgan fingerprint density at radius 2 is 1.97 bits per heavy atom. The van der Waals surface area contributed by atoms with Crippen molar-refractivity contribution < 1.29 is 4.74 Å². The van der Waals surface area contributed by atoms with Crippen molar-refractivity contribution in [3.05, 3.63) is 66.4 Å². The van der Waals surface area contributed by atoms with Gasteiger partial charge in [0, 0.05) is 34.5 Å². The molecule has 1 aliphatic heterocycles. The second-order valence-corrected chi connectivity index (χ2v) is 8.78. The standard InChI is InChI=1S/C23H24N4OS/c1-16(17-8-3-2-4-9-17)29-23-26-25-22(27(23)15-18-10-7-13-28-18)20-14-24-21-12-6-5-11-19(20)21/h2-6,8-9,11-12,14,16,18,24H,7,10,13,15H2,1H3/t16-,18+/m1/s1. The molecule has 0 aliphatic carbocycles. The molecule has 2 aromatic heterocycles. The maximum atomic E-state index is 5.94. The summed E-state index contributed by atoms with van der Waals surface area (Å²) in [4.78, 5) is 3.36. The molecular weight excluding hydrogens is 380 g/mol. The largest absolute Gasteiger partial charge is 0.376 e. The van der Waals surface area contributed by atoms with E-state index in [0.717, 1.165) is 48.1 Å². The third-order valence-corrected chi connectivity index (χ3v) is 6.65. The van der Waals surface area contributed by atoms with Gasteiger partial charge in [0.05, 0.1) is 12.6 Å². The fourth-order valence-electron chi connectivity index (χ4n) is 3.94. The van der Waals surface area contributed by atoms with Crippen molar-refractivity contribution in [2.24, 2.45) is 0 Å². The van der Waals surface area contributed by atoms with Crippen LogP contribution in [0.5, 0.6) is 0 Å². The number of para-hydroxylation sites is 1. The van der Waals surface area contributed by atoms with Gasteiger partial charge in [-0.15, -0.1) is 10.2 Å². The summed E-state index contributed by atoms with van der Waals surface area (Å²) >= 11 is 1.75. The highest BCUT2D eigenvalue weighted by atomic mass is 32.2. The first-order valence-electron chi connectivity index (χ1n) is 10.1. The molecule has 1 N–H and O–H groups in total. The van der Waals surface area contributed by atoms with E-state index in [-0.39, 0.29) is 6.10 Å². The minimum absolute atomic E-state index is 0.223. The average molecular weight is 405 g/mol. The second-order valence-electron chi connectivity index (χ2n) is 7.47. The van der Waals surface area contributed by atoms with Crippen molar-refractivity contribution in [3.63, 3.8) is 0 Å². The van der Waals surface area contributed by atoms with Gasteiger partial charge in [-0.1, -0.05) is 60.3 Å². The maximum Gasteiger partial charge on any atom is 0.192 e. The molecule has 0 unspecified atom stereocenters. The Morgan fingerprint density at radius 3 is 2.79 bits per heavy atom. The lowest BCUT2D eigenvalue weighted by Crippen LogP contribution is -2.16. The van der Waals surface area contributed by atoms with E-state index in [1.807, 2.05) is 12.3 Å². The first-order valence-corrected chi connectivity index (χ1v) is 11.0. The Kier molecular flexibility index (Phi) is 5.12. The number of hydrogen-bond acceptors (Lipinski definition) is 4. The van der Waals surface area contributed by atoms with Crippen molar-refractivity contribution in [2.75, 3.05) is 6.61 Å². The summed E-state index contributed by atoms with van der Waals surface area (Å²) < 4.78 is 8.18. The third kappa shape index (κ3) is 3.70. The summed E-state index contributed by atoms with van der Waals surface area (Å²) in [6.07, 6.45) is 4.47. The summed E-state index contributed by atoms with van der Waals surface area (Å²) in [5.74, 6) is 0.903. The molecule has 4 aromatic rings. The molecule has 29 heavy (non-hydrogen) atoms. The van der Waals surface area contributed by atoms with E-state index >= 15 is 0 Å². The first kappa shape index (κ1) is 18.5. The van der Waals surface area contributed by atoms with Crippen LogP contribution < -0.4 is 0 Å². The molecule has 0 radical (unpaired) electrons. The number of aromatic nitrogens is 4. The normalized spacial score (nSPS) is 17.8. The van der Waals surface area contributed by atoms with Gasteiger partial charge in [0.2, 0.25) is 0 Å². The molecule has 0 spiro atoms. The predicted octanol–water partition coefficient (Wildman–Crippen LogP) is 5.46. The van der Waals surface area contributed by atoms with Gasteiger partial charge < -0.3 is 9.72 Å². The van der Waals surface area contributed by atoms with Gasteiger partial charge >= 0.3 is 0 Å². The summed E-state index contributed by atoms with van der Waals surface area (Å²) in [5, 5.41) is 11.6. The SMILES string of the molecule is C[C@@H](Sc1nnc(-c2c[nH]c3ccccc23)n1C[C@@H]1CCCO1)c1ccccc1. The van der Waals surface area contributed by atoms with E-state index in [9.17, 15) is 0 Å². The molecule has 0 saturated carbocycles. The van der Waals surface area contributed by atoms with Gasteiger partial charge in [-0.2, -0.15) is 0 Å². The molecule has 5 nitrogen and oxygen atoms in total. The van der Waals surface area contributed by atoms with Gasteiger partial charge in [-0.05, 0) is 31.4 Å². The molecule has 0 bridgehead atoms. The lowest BCUT2D eigenvalue weighted by atomic mass is 10.1.